The number of halogens is 5. The third-order valence-corrected chi connectivity index (χ3v) is 9.69. The van der Waals surface area contributed by atoms with Crippen LogP contribution in [0, 0.1) is 5.82 Å². The Labute approximate surface area is 307 Å². The maximum absolute atomic E-state index is 15.1. The van der Waals surface area contributed by atoms with Crippen molar-refractivity contribution in [3.05, 3.63) is 104 Å². The SMILES string of the molecule is CN(C)C(=O)c1ccc(-c2nc3n(CC(=O)Nc4ccc(C(F)(F)F)cc4Cl)c4c(c(=O)n3n2)C2(CCN(C(=O)c3ncccc3O)CC2)OC4)cc1F. The number of anilines is 1. The highest BCUT2D eigenvalue weighted by Crippen LogP contribution is 2.43. The van der Waals surface area contributed by atoms with Gasteiger partial charge in [-0.15, -0.1) is 5.10 Å². The lowest BCUT2D eigenvalue weighted by atomic mass is 9.85. The highest BCUT2D eigenvalue weighted by Gasteiger charge is 2.48. The van der Waals surface area contributed by atoms with Crippen LogP contribution in [0.4, 0.5) is 23.2 Å². The van der Waals surface area contributed by atoms with Gasteiger partial charge in [0.25, 0.3) is 17.4 Å². The van der Waals surface area contributed by atoms with Crippen LogP contribution in [0.25, 0.3) is 17.2 Å². The third kappa shape index (κ3) is 6.40. The predicted octanol–water partition coefficient (Wildman–Crippen LogP) is 4.47. The van der Waals surface area contributed by atoms with Crippen molar-refractivity contribution < 1.29 is 41.8 Å². The maximum atomic E-state index is 15.1. The molecule has 3 amide bonds. The second-order valence-electron chi connectivity index (χ2n) is 12.9. The van der Waals surface area contributed by atoms with E-state index in [2.05, 4.69) is 20.4 Å². The number of pyridine rings is 1. The summed E-state index contributed by atoms with van der Waals surface area (Å²) in [6, 6.07) is 9.00. The van der Waals surface area contributed by atoms with Gasteiger partial charge in [-0.1, -0.05) is 17.7 Å². The lowest BCUT2D eigenvalue weighted by Crippen LogP contribution is -2.47. The smallest absolute Gasteiger partial charge is 0.416 e. The van der Waals surface area contributed by atoms with Gasteiger partial charge in [0, 0.05) is 38.9 Å². The fourth-order valence-electron chi connectivity index (χ4n) is 6.65. The van der Waals surface area contributed by atoms with Gasteiger partial charge in [-0.3, -0.25) is 19.2 Å². The summed E-state index contributed by atoms with van der Waals surface area (Å²) in [4.78, 5) is 64.6. The summed E-state index contributed by atoms with van der Waals surface area (Å²) in [5.41, 5.74) is -2.78. The number of likely N-dealkylation sites (tertiary alicyclic amines) is 1. The van der Waals surface area contributed by atoms with Crippen LogP contribution in [0.2, 0.25) is 5.02 Å². The van der Waals surface area contributed by atoms with Crippen LogP contribution < -0.4 is 10.9 Å². The number of alkyl halides is 3. The van der Waals surface area contributed by atoms with Crippen molar-refractivity contribution in [2.75, 3.05) is 32.5 Å². The molecule has 0 unspecified atom stereocenters. The molecule has 0 bridgehead atoms. The first kappa shape index (κ1) is 36.5. The molecule has 1 saturated heterocycles. The van der Waals surface area contributed by atoms with Gasteiger partial charge in [-0.25, -0.2) is 9.37 Å². The van der Waals surface area contributed by atoms with Gasteiger partial charge in [0.1, 0.15) is 23.7 Å². The fraction of sp³-hybridized carbons (Fsp3) is 0.286. The number of benzene rings is 2. The number of rotatable bonds is 6. The summed E-state index contributed by atoms with van der Waals surface area (Å²) < 4.78 is 63.4. The summed E-state index contributed by atoms with van der Waals surface area (Å²) in [5.74, 6) is -3.22. The zero-order valence-corrected chi connectivity index (χ0v) is 29.2. The molecular weight excluding hydrogens is 740 g/mol. The summed E-state index contributed by atoms with van der Waals surface area (Å²) in [5, 5.41) is 16.7. The first-order chi connectivity index (χ1) is 25.6. The van der Waals surface area contributed by atoms with Gasteiger partial charge in [-0.05, 0) is 55.3 Å². The highest BCUT2D eigenvalue weighted by molar-refractivity contribution is 6.33. The minimum absolute atomic E-state index is 0.0999. The lowest BCUT2D eigenvalue weighted by Gasteiger charge is -2.38. The van der Waals surface area contributed by atoms with Crippen LogP contribution in [0.3, 0.4) is 0 Å². The van der Waals surface area contributed by atoms with Crippen LogP contribution in [-0.2, 0) is 34.5 Å². The van der Waals surface area contributed by atoms with E-state index in [9.17, 15) is 37.5 Å². The minimum atomic E-state index is -4.66. The summed E-state index contributed by atoms with van der Waals surface area (Å²) >= 11 is 6.09. The molecule has 1 spiro atoms. The van der Waals surface area contributed by atoms with Crippen molar-refractivity contribution in [3.8, 4) is 17.1 Å². The van der Waals surface area contributed by atoms with Gasteiger partial charge >= 0.3 is 6.18 Å². The number of amides is 3. The molecule has 2 aliphatic rings. The Kier molecular flexibility index (Phi) is 9.13. The van der Waals surface area contributed by atoms with Gasteiger partial charge in [0.2, 0.25) is 11.7 Å². The van der Waals surface area contributed by atoms with Crippen LogP contribution in [0.15, 0.2) is 59.5 Å². The molecule has 280 valence electrons. The van der Waals surface area contributed by atoms with E-state index in [0.717, 1.165) is 22.7 Å². The minimum Gasteiger partial charge on any atom is -0.505 e. The van der Waals surface area contributed by atoms with E-state index in [4.69, 9.17) is 16.3 Å². The van der Waals surface area contributed by atoms with Gasteiger partial charge in [0.15, 0.2) is 11.5 Å². The summed E-state index contributed by atoms with van der Waals surface area (Å²) in [6.07, 6.45) is -3.00. The standard InChI is InChI=1S/C35H29ClF4N8O6/c1-45(2)30(51)20-7-5-18(14-22(20)37)29-43-33-47(16-26(50)42-23-8-6-19(15-21(23)36)35(38,39)40)24-17-54-34(27(24)31(52)48(33)44-29)9-12-46(13-10-34)32(53)28-25(49)4-3-11-41-28/h3-8,11,14-15,49H,9-10,12-13,16-17H2,1-2H3,(H,42,50). The molecule has 0 atom stereocenters. The van der Waals surface area contributed by atoms with E-state index in [0.29, 0.717) is 6.07 Å². The third-order valence-electron chi connectivity index (χ3n) is 9.38. The van der Waals surface area contributed by atoms with E-state index in [-0.39, 0.29) is 88.7 Å². The second kappa shape index (κ2) is 13.5. The summed E-state index contributed by atoms with van der Waals surface area (Å²) in [7, 11) is 2.94. The fourth-order valence-corrected chi connectivity index (χ4v) is 6.87. The molecule has 1 fully saturated rings. The zero-order chi connectivity index (χ0) is 38.7. The number of fused-ring (bicyclic) bond motifs is 3. The largest absolute Gasteiger partial charge is 0.505 e. The number of hydrogen-bond donors (Lipinski definition) is 2. The monoisotopic (exact) mass is 768 g/mol. The number of nitrogens with zero attached hydrogens (tertiary/aromatic N) is 7. The molecule has 2 aromatic carbocycles. The predicted molar refractivity (Wildman–Crippen MR) is 183 cm³/mol. The van der Waals surface area contributed by atoms with Crippen molar-refractivity contribution in [1.82, 2.24) is 33.9 Å². The van der Waals surface area contributed by atoms with E-state index in [1.807, 2.05) is 0 Å². The Hall–Kier alpha value is -5.88. The number of carbonyl (C=O) groups excluding carboxylic acids is 3. The number of hydrogen-bond acceptors (Lipinski definition) is 9. The normalized spacial score (nSPS) is 15.1. The average Bonchev–Trinajstić information content (AvgIpc) is 3.74. The first-order valence-electron chi connectivity index (χ1n) is 16.4. The van der Waals surface area contributed by atoms with Crippen molar-refractivity contribution in [2.24, 2.45) is 0 Å². The molecule has 5 aromatic rings. The molecule has 5 heterocycles. The second-order valence-corrected chi connectivity index (χ2v) is 13.3. The Morgan fingerprint density at radius 3 is 2.48 bits per heavy atom. The van der Waals surface area contributed by atoms with Crippen LogP contribution in [0.5, 0.6) is 5.75 Å². The number of piperidine rings is 1. The number of ether oxygens (including phenoxy) is 1. The van der Waals surface area contributed by atoms with E-state index < -0.39 is 53.0 Å². The van der Waals surface area contributed by atoms with E-state index in [1.54, 1.807) is 0 Å². The molecular formula is C35H29ClF4N8O6. The van der Waals surface area contributed by atoms with Gasteiger partial charge < -0.3 is 29.5 Å². The Morgan fingerprint density at radius 2 is 1.83 bits per heavy atom. The Balaban J connectivity index is 1.27. The van der Waals surface area contributed by atoms with Crippen LogP contribution >= 0.6 is 11.6 Å². The highest BCUT2D eigenvalue weighted by atomic mass is 35.5. The molecule has 7 rings (SSSR count). The Bertz CT molecular complexity index is 2420. The Morgan fingerprint density at radius 1 is 1.09 bits per heavy atom. The van der Waals surface area contributed by atoms with E-state index in [1.165, 1.54) is 58.9 Å². The molecule has 14 nitrogen and oxygen atoms in total. The molecule has 0 saturated carbocycles. The molecule has 0 radical (unpaired) electrons. The topological polar surface area (TPSA) is 164 Å². The maximum Gasteiger partial charge on any atom is 0.416 e. The number of nitrogens with one attached hydrogen (secondary N) is 1. The lowest BCUT2D eigenvalue weighted by molar-refractivity contribution is -0.137. The average molecular weight is 769 g/mol. The molecule has 0 aliphatic carbocycles. The van der Waals surface area contributed by atoms with Crippen molar-refractivity contribution in [1.29, 1.82) is 0 Å². The number of carbonyl (C=O) groups is 3. The molecule has 3 aromatic heterocycles. The summed E-state index contributed by atoms with van der Waals surface area (Å²) in [6.45, 7) is -0.477. The van der Waals surface area contributed by atoms with Crippen molar-refractivity contribution >= 4 is 40.8 Å². The first-order valence-corrected chi connectivity index (χ1v) is 16.7. The van der Waals surface area contributed by atoms with Crippen LogP contribution in [-0.4, -0.2) is 84.0 Å². The zero-order valence-electron chi connectivity index (χ0n) is 28.4. The number of aromatic hydroxyl groups is 1. The van der Waals surface area contributed by atoms with E-state index >= 15 is 4.39 Å². The molecule has 54 heavy (non-hydrogen) atoms. The van der Waals surface area contributed by atoms with Gasteiger partial charge in [0.05, 0.1) is 39.7 Å². The molecule has 2 aliphatic heterocycles. The van der Waals surface area contributed by atoms with Crippen molar-refractivity contribution in [2.45, 2.75) is 37.8 Å². The molecule has 19 heteroatoms. The van der Waals surface area contributed by atoms with Crippen molar-refractivity contribution in [3.63, 3.8) is 0 Å². The van der Waals surface area contributed by atoms with Crippen LogP contribution in [0.1, 0.15) is 50.5 Å². The number of aromatic nitrogens is 5. The molecule has 2 N–H and O–H groups in total. The quantitative estimate of drug-likeness (QED) is 0.237. The van der Waals surface area contributed by atoms with Gasteiger partial charge in [-0.2, -0.15) is 22.7 Å².